The molecule has 3 aromatic rings. The molecule has 0 amide bonds. The van der Waals surface area contributed by atoms with Crippen LogP contribution in [0, 0.1) is 0 Å². The number of pyridine rings is 1. The molecule has 3 heterocycles. The molecule has 0 aromatic carbocycles. The molecule has 0 aliphatic carbocycles. The van der Waals surface area contributed by atoms with E-state index in [9.17, 15) is 5.11 Å². The van der Waals surface area contributed by atoms with Gasteiger partial charge in [-0.1, -0.05) is 0 Å². The predicted octanol–water partition coefficient (Wildman–Crippen LogP) is 1.44. The molecule has 0 fully saturated rings. The Hall–Kier alpha value is -2.25. The monoisotopic (exact) mass is 315 g/mol. The number of fused-ring (bicyclic) bond motifs is 3. The van der Waals surface area contributed by atoms with Crippen LogP contribution in [0.25, 0.3) is 21.9 Å². The van der Waals surface area contributed by atoms with Crippen LogP contribution in [-0.4, -0.2) is 58.5 Å². The molecule has 0 saturated carbocycles. The van der Waals surface area contributed by atoms with Crippen molar-refractivity contribution in [2.75, 3.05) is 32.7 Å². The number of aromatic nitrogens is 4. The number of ether oxygens (including phenoxy) is 1. The second-order valence-corrected chi connectivity index (χ2v) is 5.66. The summed E-state index contributed by atoms with van der Waals surface area (Å²) in [6.07, 6.45) is 5.72. The molecular formula is C16H21N5O2. The van der Waals surface area contributed by atoms with E-state index >= 15 is 0 Å². The molecule has 0 aliphatic rings. The van der Waals surface area contributed by atoms with E-state index in [1.165, 1.54) is 0 Å². The predicted molar refractivity (Wildman–Crippen MR) is 89.7 cm³/mol. The van der Waals surface area contributed by atoms with Gasteiger partial charge in [-0.3, -0.25) is 4.98 Å². The van der Waals surface area contributed by atoms with Crippen LogP contribution in [0.2, 0.25) is 0 Å². The van der Waals surface area contributed by atoms with Crippen LogP contribution in [0.15, 0.2) is 24.8 Å². The van der Waals surface area contributed by atoms with E-state index in [1.807, 2.05) is 31.3 Å². The van der Waals surface area contributed by atoms with Gasteiger partial charge in [0.05, 0.1) is 29.8 Å². The van der Waals surface area contributed by atoms with Crippen molar-refractivity contribution >= 4 is 27.8 Å². The molecule has 7 heteroatoms. The topological polar surface area (TPSA) is 76.3 Å². The molecule has 0 radical (unpaired) electrons. The lowest BCUT2D eigenvalue weighted by Crippen LogP contribution is -2.18. The van der Waals surface area contributed by atoms with Gasteiger partial charge in [-0.2, -0.15) is 0 Å². The Balaban J connectivity index is 2.17. The summed E-state index contributed by atoms with van der Waals surface area (Å²) in [4.78, 5) is 15.1. The number of aliphatic hydroxyl groups is 1. The summed E-state index contributed by atoms with van der Waals surface area (Å²) in [6, 6.07) is 1.99. The highest BCUT2D eigenvalue weighted by atomic mass is 16.5. The molecule has 0 bridgehead atoms. The Bertz CT molecular complexity index is 811. The molecule has 1 N–H and O–H groups in total. The first kappa shape index (κ1) is 15.6. The normalized spacial score (nSPS) is 12.9. The number of hydrogen-bond donors (Lipinski definition) is 1. The third-order valence-corrected chi connectivity index (χ3v) is 4.06. The minimum Gasteiger partial charge on any atom is -0.394 e. The number of aliphatic hydroxyl groups excluding tert-OH is 1. The molecule has 1 atom stereocenters. The van der Waals surface area contributed by atoms with Gasteiger partial charge >= 0.3 is 0 Å². The lowest BCUT2D eigenvalue weighted by Gasteiger charge is -2.14. The van der Waals surface area contributed by atoms with Gasteiger partial charge in [-0.05, 0) is 12.5 Å². The van der Waals surface area contributed by atoms with Crippen molar-refractivity contribution in [1.82, 2.24) is 19.5 Å². The zero-order valence-electron chi connectivity index (χ0n) is 13.6. The molecular weight excluding hydrogens is 294 g/mol. The Morgan fingerprint density at radius 3 is 2.87 bits per heavy atom. The van der Waals surface area contributed by atoms with Crippen LogP contribution in [0.3, 0.4) is 0 Å². The maximum Gasteiger partial charge on any atom is 0.146 e. The van der Waals surface area contributed by atoms with Crippen LogP contribution in [0.1, 0.15) is 6.42 Å². The average molecular weight is 315 g/mol. The zero-order chi connectivity index (χ0) is 16.4. The van der Waals surface area contributed by atoms with Gasteiger partial charge in [-0.15, -0.1) is 0 Å². The largest absolute Gasteiger partial charge is 0.394 e. The molecule has 0 saturated heterocycles. The summed E-state index contributed by atoms with van der Waals surface area (Å²) >= 11 is 0. The molecule has 122 valence electrons. The first-order chi connectivity index (χ1) is 11.2. The Kier molecular flexibility index (Phi) is 4.40. The lowest BCUT2D eigenvalue weighted by molar-refractivity contribution is 0.0407. The van der Waals surface area contributed by atoms with Crippen LogP contribution in [0.4, 0.5) is 5.82 Å². The average Bonchev–Trinajstić information content (AvgIpc) is 2.90. The van der Waals surface area contributed by atoms with E-state index in [1.54, 1.807) is 19.6 Å². The number of methoxy groups -OCH3 is 1. The van der Waals surface area contributed by atoms with E-state index < -0.39 is 0 Å². The van der Waals surface area contributed by atoms with Gasteiger partial charge < -0.3 is 19.3 Å². The van der Waals surface area contributed by atoms with Gasteiger partial charge in [0.25, 0.3) is 0 Å². The fourth-order valence-corrected chi connectivity index (χ4v) is 2.86. The lowest BCUT2D eigenvalue weighted by atomic mass is 10.2. The van der Waals surface area contributed by atoms with Gasteiger partial charge in [0.1, 0.15) is 17.8 Å². The molecule has 0 aliphatic heterocycles. The standard InChI is InChI=1S/C16H21N5O2/c1-20(2)15-14-12-4-6-17-8-13(12)21(16(14)19-10-18-15)7-5-11(9-22)23-3/h4,6,8,10-11,22H,5,7,9H2,1-3H3. The fraction of sp³-hybridized carbons (Fsp3) is 0.438. The van der Waals surface area contributed by atoms with E-state index in [0.29, 0.717) is 13.0 Å². The highest BCUT2D eigenvalue weighted by Crippen LogP contribution is 2.32. The first-order valence-corrected chi connectivity index (χ1v) is 7.55. The van der Waals surface area contributed by atoms with E-state index in [0.717, 1.165) is 27.8 Å². The highest BCUT2D eigenvalue weighted by molar-refractivity contribution is 6.11. The van der Waals surface area contributed by atoms with Crippen LogP contribution in [0.5, 0.6) is 0 Å². The summed E-state index contributed by atoms with van der Waals surface area (Å²) < 4.78 is 7.38. The number of rotatable bonds is 6. The van der Waals surface area contributed by atoms with Gasteiger partial charge in [0.15, 0.2) is 0 Å². The third-order valence-electron chi connectivity index (χ3n) is 4.06. The summed E-state index contributed by atoms with van der Waals surface area (Å²) in [6.45, 7) is 0.693. The van der Waals surface area contributed by atoms with Gasteiger partial charge in [0.2, 0.25) is 0 Å². The van der Waals surface area contributed by atoms with Crippen molar-refractivity contribution in [3.63, 3.8) is 0 Å². The maximum absolute atomic E-state index is 9.32. The highest BCUT2D eigenvalue weighted by Gasteiger charge is 2.17. The van der Waals surface area contributed by atoms with Crippen molar-refractivity contribution < 1.29 is 9.84 Å². The first-order valence-electron chi connectivity index (χ1n) is 7.55. The summed E-state index contributed by atoms with van der Waals surface area (Å²) in [5, 5.41) is 11.4. The molecule has 3 rings (SSSR count). The summed E-state index contributed by atoms with van der Waals surface area (Å²) in [7, 11) is 5.55. The Morgan fingerprint density at radius 1 is 1.35 bits per heavy atom. The van der Waals surface area contributed by atoms with E-state index in [2.05, 4.69) is 19.5 Å². The molecule has 1 unspecified atom stereocenters. The van der Waals surface area contributed by atoms with Gasteiger partial charge in [0, 0.05) is 39.3 Å². The SMILES string of the molecule is COC(CO)CCn1c2cnccc2c2c(N(C)C)ncnc21. The third kappa shape index (κ3) is 2.73. The minimum absolute atomic E-state index is 0.00379. The molecule has 3 aromatic heterocycles. The minimum atomic E-state index is -0.186. The second-order valence-electron chi connectivity index (χ2n) is 5.66. The number of nitrogens with zero attached hydrogens (tertiary/aromatic N) is 5. The van der Waals surface area contributed by atoms with E-state index in [-0.39, 0.29) is 12.7 Å². The summed E-state index contributed by atoms with van der Waals surface area (Å²) in [5.41, 5.74) is 1.89. The smallest absolute Gasteiger partial charge is 0.146 e. The maximum atomic E-state index is 9.32. The van der Waals surface area contributed by atoms with Crippen molar-refractivity contribution in [1.29, 1.82) is 0 Å². The Labute approximate surface area is 134 Å². The quantitative estimate of drug-likeness (QED) is 0.742. The second kappa shape index (κ2) is 6.47. The number of anilines is 1. The van der Waals surface area contributed by atoms with Crippen LogP contribution in [-0.2, 0) is 11.3 Å². The molecule has 23 heavy (non-hydrogen) atoms. The number of hydrogen-bond acceptors (Lipinski definition) is 6. The van der Waals surface area contributed by atoms with Crippen molar-refractivity contribution in [3.8, 4) is 0 Å². The van der Waals surface area contributed by atoms with Crippen LogP contribution < -0.4 is 4.90 Å². The molecule has 0 spiro atoms. The van der Waals surface area contributed by atoms with Crippen molar-refractivity contribution in [2.45, 2.75) is 19.1 Å². The van der Waals surface area contributed by atoms with Crippen LogP contribution >= 0.6 is 0 Å². The number of aryl methyl sites for hydroxylation is 1. The summed E-state index contributed by atoms with van der Waals surface area (Å²) in [5.74, 6) is 0.885. The van der Waals surface area contributed by atoms with Gasteiger partial charge in [-0.25, -0.2) is 9.97 Å². The fourth-order valence-electron chi connectivity index (χ4n) is 2.86. The van der Waals surface area contributed by atoms with Crippen molar-refractivity contribution in [2.24, 2.45) is 0 Å². The van der Waals surface area contributed by atoms with Crippen molar-refractivity contribution in [3.05, 3.63) is 24.8 Å². The Morgan fingerprint density at radius 2 is 2.17 bits per heavy atom. The molecule has 7 nitrogen and oxygen atoms in total. The van der Waals surface area contributed by atoms with E-state index in [4.69, 9.17) is 4.74 Å². The zero-order valence-corrected chi connectivity index (χ0v) is 13.6.